The standard InChI is InChI=1S/C20H18F3N3O5S.C16H14F3N3O2S.C4H4O3/c21-20(22,23)17-12-16(13-4-2-1-3-5-13)26(24-17)14-6-8-15(9-7-14)32(30,31)25-18(27)10-11-19(28)29;17-16(18,19)15-10-14(11-4-2-1-3-5-11)22(21-15)12-6-8-13(9-7-12)25(20,23)24;5-3-1-2-4(6)7-3/h1-9,16H,10-12H2,(H,25,27)(H,28,29);1-9,14H,10H2,(H2,20,23,24);1-2H2. The van der Waals surface area contributed by atoms with Gasteiger partial charge in [0, 0.05) is 19.3 Å². The summed E-state index contributed by atoms with van der Waals surface area (Å²) in [5, 5.41) is 23.5. The average molecular weight is 939 g/mol. The topological polar surface area (TPSA) is 235 Å². The summed E-state index contributed by atoms with van der Waals surface area (Å²) in [7, 11) is -8.15. The normalized spacial score (nSPS) is 17.6. The predicted octanol–water partition coefficient (Wildman–Crippen LogP) is 6.28. The van der Waals surface area contributed by atoms with Crippen molar-refractivity contribution < 1.29 is 72.2 Å². The van der Waals surface area contributed by atoms with Crippen LogP contribution in [-0.2, 0) is 44.0 Å². The molecule has 0 spiro atoms. The fourth-order valence-electron chi connectivity index (χ4n) is 6.19. The Kier molecular flexibility index (Phi) is 15.0. The van der Waals surface area contributed by atoms with E-state index < -0.39 is 92.6 Å². The molecule has 340 valence electrons. The Morgan fingerprint density at radius 3 is 1.38 bits per heavy atom. The van der Waals surface area contributed by atoms with Gasteiger partial charge in [0.1, 0.15) is 11.4 Å². The second kappa shape index (κ2) is 19.8. The van der Waals surface area contributed by atoms with Gasteiger partial charge in [-0.15, -0.1) is 0 Å². The number of ether oxygens (including phenoxy) is 1. The number of carboxylic acid groups (broad SMARTS) is 1. The highest BCUT2D eigenvalue weighted by atomic mass is 32.2. The van der Waals surface area contributed by atoms with Crippen LogP contribution in [0, 0.1) is 0 Å². The van der Waals surface area contributed by atoms with Crippen LogP contribution in [0.4, 0.5) is 37.7 Å². The van der Waals surface area contributed by atoms with Crippen LogP contribution in [-0.4, -0.2) is 69.5 Å². The highest BCUT2D eigenvalue weighted by Crippen LogP contribution is 2.41. The van der Waals surface area contributed by atoms with E-state index in [0.717, 1.165) is 12.1 Å². The molecule has 1 amide bonds. The van der Waals surface area contributed by atoms with Crippen molar-refractivity contribution >= 4 is 66.7 Å². The van der Waals surface area contributed by atoms with Crippen molar-refractivity contribution in [1.82, 2.24) is 4.72 Å². The van der Waals surface area contributed by atoms with E-state index in [0.29, 0.717) is 16.8 Å². The van der Waals surface area contributed by atoms with Gasteiger partial charge in [0.15, 0.2) is 0 Å². The number of nitrogens with zero attached hydrogens (tertiary/aromatic N) is 4. The van der Waals surface area contributed by atoms with E-state index in [9.17, 15) is 62.4 Å². The van der Waals surface area contributed by atoms with E-state index in [2.05, 4.69) is 14.9 Å². The van der Waals surface area contributed by atoms with Crippen LogP contribution in [0.1, 0.15) is 61.7 Å². The molecule has 0 saturated carbocycles. The molecule has 2 unspecified atom stereocenters. The number of hydrogen-bond donors (Lipinski definition) is 3. The summed E-state index contributed by atoms with van der Waals surface area (Å²) < 4.78 is 132. The Morgan fingerprint density at radius 1 is 0.656 bits per heavy atom. The van der Waals surface area contributed by atoms with E-state index in [4.69, 9.17) is 10.2 Å². The summed E-state index contributed by atoms with van der Waals surface area (Å²) >= 11 is 0. The number of carboxylic acids is 1. The monoisotopic (exact) mass is 938 g/mol. The second-order valence-electron chi connectivity index (χ2n) is 13.8. The Bertz CT molecular complexity index is 2620. The predicted molar refractivity (Wildman–Crippen MR) is 216 cm³/mol. The summed E-state index contributed by atoms with van der Waals surface area (Å²) in [4.78, 5) is 41.8. The number of cyclic esters (lactones) is 2. The van der Waals surface area contributed by atoms with Crippen LogP contribution in [0.2, 0.25) is 0 Å². The van der Waals surface area contributed by atoms with Gasteiger partial charge < -0.3 is 9.84 Å². The molecular weight excluding hydrogens is 903 g/mol. The van der Waals surface area contributed by atoms with Gasteiger partial charge in [-0.25, -0.2) is 26.7 Å². The number of nitrogens with one attached hydrogen (secondary N) is 1. The number of carbonyl (C=O) groups excluding carboxylic acids is 3. The number of hydrogen-bond acceptors (Lipinski definition) is 13. The number of benzene rings is 4. The molecule has 0 radical (unpaired) electrons. The van der Waals surface area contributed by atoms with Gasteiger partial charge in [-0.3, -0.25) is 29.2 Å². The molecule has 24 heteroatoms. The third-order valence-electron chi connectivity index (χ3n) is 9.26. The van der Waals surface area contributed by atoms with Gasteiger partial charge in [0.2, 0.25) is 15.9 Å². The van der Waals surface area contributed by atoms with Crippen molar-refractivity contribution in [1.29, 1.82) is 0 Å². The smallest absolute Gasteiger partial charge is 0.431 e. The SMILES string of the molecule is NS(=O)(=O)c1ccc(N2N=C(C(F)(F)F)CC2c2ccccc2)cc1.O=C(O)CCC(=O)NS(=O)(=O)c1ccc(N2N=C(C(F)(F)F)CC2c2ccccc2)cc1.O=C1CCC(=O)O1. The zero-order valence-electron chi connectivity index (χ0n) is 32.9. The lowest BCUT2D eigenvalue weighted by Crippen LogP contribution is -2.30. The number of rotatable bonds is 10. The van der Waals surface area contributed by atoms with E-state index in [1.54, 1.807) is 65.4 Å². The van der Waals surface area contributed by atoms with E-state index in [1.165, 1.54) is 46.4 Å². The number of anilines is 2. The molecule has 0 aromatic heterocycles. The number of halogens is 6. The molecule has 0 aliphatic carbocycles. The lowest BCUT2D eigenvalue weighted by Gasteiger charge is -2.24. The first kappa shape index (κ1) is 48.4. The summed E-state index contributed by atoms with van der Waals surface area (Å²) in [6.45, 7) is 0. The summed E-state index contributed by atoms with van der Waals surface area (Å²) in [6, 6.07) is 25.9. The first-order valence-corrected chi connectivity index (χ1v) is 21.7. The van der Waals surface area contributed by atoms with Gasteiger partial charge in [0.25, 0.3) is 10.0 Å². The maximum Gasteiger partial charge on any atom is 0.431 e. The summed E-state index contributed by atoms with van der Waals surface area (Å²) in [5.74, 6) is -3.03. The molecule has 0 bridgehead atoms. The minimum absolute atomic E-state index is 0.119. The quantitative estimate of drug-likeness (QED) is 0.0906. The number of carbonyl (C=O) groups is 4. The van der Waals surface area contributed by atoms with Crippen molar-refractivity contribution in [2.24, 2.45) is 15.3 Å². The minimum Gasteiger partial charge on any atom is -0.481 e. The zero-order chi connectivity index (χ0) is 47.0. The van der Waals surface area contributed by atoms with Crippen molar-refractivity contribution in [3.8, 4) is 0 Å². The van der Waals surface area contributed by atoms with Crippen LogP contribution in [0.3, 0.4) is 0 Å². The van der Waals surface area contributed by atoms with Crippen LogP contribution in [0.5, 0.6) is 0 Å². The van der Waals surface area contributed by atoms with Gasteiger partial charge in [-0.05, 0) is 59.7 Å². The Hall–Kier alpha value is -6.66. The number of esters is 2. The molecule has 3 heterocycles. The molecule has 4 aromatic rings. The van der Waals surface area contributed by atoms with Crippen molar-refractivity contribution in [2.75, 3.05) is 10.0 Å². The molecule has 4 aromatic carbocycles. The van der Waals surface area contributed by atoms with Gasteiger partial charge >= 0.3 is 30.3 Å². The Balaban J connectivity index is 0.000000213. The van der Waals surface area contributed by atoms with Gasteiger partial charge in [-0.2, -0.15) is 36.5 Å². The highest BCUT2D eigenvalue weighted by molar-refractivity contribution is 7.90. The van der Waals surface area contributed by atoms with Crippen LogP contribution in [0.25, 0.3) is 0 Å². The third kappa shape index (κ3) is 12.9. The van der Waals surface area contributed by atoms with Gasteiger partial charge in [-0.1, -0.05) is 60.7 Å². The fourth-order valence-corrected chi connectivity index (χ4v) is 7.72. The molecule has 3 aliphatic heterocycles. The number of aliphatic carboxylic acids is 1. The molecule has 2 atom stereocenters. The number of hydrazone groups is 2. The molecular formula is C40H36F6N6O10S2. The van der Waals surface area contributed by atoms with E-state index in [-0.39, 0.29) is 41.2 Å². The first-order valence-electron chi connectivity index (χ1n) is 18.6. The third-order valence-corrected chi connectivity index (χ3v) is 11.6. The minimum atomic E-state index is -4.61. The average Bonchev–Trinajstić information content (AvgIpc) is 4.00. The van der Waals surface area contributed by atoms with E-state index >= 15 is 0 Å². The number of sulfonamides is 2. The number of alkyl halides is 6. The van der Waals surface area contributed by atoms with Crippen molar-refractivity contribution in [3.63, 3.8) is 0 Å². The molecule has 3 aliphatic rings. The van der Waals surface area contributed by atoms with Crippen molar-refractivity contribution in [3.05, 3.63) is 120 Å². The maximum atomic E-state index is 13.3. The Morgan fingerprint density at radius 2 is 1.05 bits per heavy atom. The summed E-state index contributed by atoms with van der Waals surface area (Å²) in [5.41, 5.74) is 0.0410. The number of amides is 1. The molecule has 64 heavy (non-hydrogen) atoms. The molecule has 4 N–H and O–H groups in total. The number of nitrogens with two attached hydrogens (primary N) is 1. The Labute approximate surface area is 361 Å². The lowest BCUT2D eigenvalue weighted by molar-refractivity contribution is -0.152. The van der Waals surface area contributed by atoms with E-state index in [1.807, 2.05) is 0 Å². The van der Waals surface area contributed by atoms with Crippen LogP contribution >= 0.6 is 0 Å². The molecule has 7 rings (SSSR count). The number of primary sulfonamides is 1. The fraction of sp³-hybridized carbons (Fsp3) is 0.250. The molecule has 1 saturated heterocycles. The largest absolute Gasteiger partial charge is 0.481 e. The van der Waals surface area contributed by atoms with Crippen LogP contribution < -0.4 is 19.9 Å². The van der Waals surface area contributed by atoms with Gasteiger partial charge in [0.05, 0.1) is 52.5 Å². The summed E-state index contributed by atoms with van der Waals surface area (Å²) in [6.07, 6.45) is -10.3. The van der Waals surface area contributed by atoms with Crippen LogP contribution in [0.15, 0.2) is 129 Å². The maximum absolute atomic E-state index is 13.3. The second-order valence-corrected chi connectivity index (χ2v) is 17.1. The highest BCUT2D eigenvalue weighted by Gasteiger charge is 2.45. The van der Waals surface area contributed by atoms with Crippen molar-refractivity contribution in [2.45, 2.75) is 72.8 Å². The lowest BCUT2D eigenvalue weighted by atomic mass is 10.0. The zero-order valence-corrected chi connectivity index (χ0v) is 34.5. The molecule has 16 nitrogen and oxygen atoms in total. The molecule has 1 fully saturated rings. The first-order chi connectivity index (χ1) is 29.9.